The van der Waals surface area contributed by atoms with Gasteiger partial charge in [-0.15, -0.1) is 0 Å². The number of nitrogens with zero attached hydrogens (tertiary/aromatic N) is 1. The summed E-state index contributed by atoms with van der Waals surface area (Å²) >= 11 is 0. The normalized spacial score (nSPS) is 29.5. The van der Waals surface area contributed by atoms with Gasteiger partial charge in [-0.05, 0) is 18.5 Å². The van der Waals surface area contributed by atoms with E-state index >= 15 is 0 Å². The van der Waals surface area contributed by atoms with Gasteiger partial charge >= 0.3 is 0 Å². The molecule has 12 heavy (non-hydrogen) atoms. The summed E-state index contributed by atoms with van der Waals surface area (Å²) in [5.74, 6) is 0.728. The van der Waals surface area contributed by atoms with Crippen molar-refractivity contribution in [3.63, 3.8) is 0 Å². The predicted molar refractivity (Wildman–Crippen MR) is 49.5 cm³/mol. The molecule has 0 aromatic carbocycles. The van der Waals surface area contributed by atoms with Crippen LogP contribution in [0.2, 0.25) is 0 Å². The molecule has 0 radical (unpaired) electrons. The summed E-state index contributed by atoms with van der Waals surface area (Å²) in [6, 6.07) is 0.403. The number of amides is 1. The highest BCUT2D eigenvalue weighted by atomic mass is 16.2. The van der Waals surface area contributed by atoms with Crippen molar-refractivity contribution in [3.8, 4) is 0 Å². The lowest BCUT2D eigenvalue weighted by Gasteiger charge is -2.22. The zero-order chi connectivity index (χ0) is 9.14. The first-order valence-corrected chi connectivity index (χ1v) is 4.64. The second-order valence-corrected chi connectivity index (χ2v) is 3.52. The van der Waals surface area contributed by atoms with Crippen molar-refractivity contribution in [3.05, 3.63) is 12.8 Å². The molecule has 0 aliphatic carbocycles. The third-order valence-electron chi connectivity index (χ3n) is 2.58. The molecule has 1 aliphatic heterocycles. The highest BCUT2D eigenvalue weighted by Crippen LogP contribution is 2.28. The van der Waals surface area contributed by atoms with Crippen LogP contribution in [-0.4, -0.2) is 16.8 Å². The van der Waals surface area contributed by atoms with E-state index in [0.29, 0.717) is 18.4 Å². The molecule has 2 unspecified atom stereocenters. The Morgan fingerprint density at radius 2 is 2.42 bits per heavy atom. The minimum atomic E-state index is 0.232. The molecule has 1 rings (SSSR count). The number of likely N-dealkylation sites (tertiary alicyclic amines) is 1. The number of rotatable bonds is 3. The van der Waals surface area contributed by atoms with E-state index in [1.54, 1.807) is 11.1 Å². The van der Waals surface area contributed by atoms with E-state index in [-0.39, 0.29) is 5.91 Å². The van der Waals surface area contributed by atoms with Gasteiger partial charge in [0.1, 0.15) is 0 Å². The molecule has 0 aromatic heterocycles. The van der Waals surface area contributed by atoms with Crippen molar-refractivity contribution in [1.82, 2.24) is 4.90 Å². The van der Waals surface area contributed by atoms with Gasteiger partial charge in [-0.3, -0.25) is 4.79 Å². The van der Waals surface area contributed by atoms with Gasteiger partial charge in [-0.2, -0.15) is 0 Å². The smallest absolute Gasteiger partial charge is 0.227 e. The molecule has 1 saturated heterocycles. The SMILES string of the molecule is C=CN1C(=O)CC(C)C1CCC. The average Bonchev–Trinajstić information content (AvgIpc) is 2.28. The first kappa shape index (κ1) is 9.30. The molecule has 0 spiro atoms. The lowest BCUT2D eigenvalue weighted by molar-refractivity contribution is -0.126. The number of carbonyl (C=O) groups is 1. The minimum absolute atomic E-state index is 0.232. The van der Waals surface area contributed by atoms with E-state index in [2.05, 4.69) is 20.4 Å². The summed E-state index contributed by atoms with van der Waals surface area (Å²) in [6.07, 6.45) is 4.59. The van der Waals surface area contributed by atoms with Gasteiger partial charge in [0.15, 0.2) is 0 Å². The highest BCUT2D eigenvalue weighted by molar-refractivity contribution is 5.80. The Hall–Kier alpha value is -0.790. The second-order valence-electron chi connectivity index (χ2n) is 3.52. The summed E-state index contributed by atoms with van der Waals surface area (Å²) in [5, 5.41) is 0. The van der Waals surface area contributed by atoms with Gasteiger partial charge in [-0.1, -0.05) is 26.8 Å². The fourth-order valence-electron chi connectivity index (χ4n) is 1.93. The van der Waals surface area contributed by atoms with Gasteiger partial charge in [-0.25, -0.2) is 0 Å². The maximum atomic E-state index is 11.4. The van der Waals surface area contributed by atoms with Crippen LogP contribution < -0.4 is 0 Å². The predicted octanol–water partition coefficient (Wildman–Crippen LogP) is 2.17. The van der Waals surface area contributed by atoms with Crippen LogP contribution in [0.25, 0.3) is 0 Å². The number of hydrogen-bond acceptors (Lipinski definition) is 1. The molecule has 1 fully saturated rings. The lowest BCUT2D eigenvalue weighted by Crippen LogP contribution is -2.29. The van der Waals surface area contributed by atoms with Gasteiger partial charge in [0, 0.05) is 12.5 Å². The molecule has 2 nitrogen and oxygen atoms in total. The Bertz CT molecular complexity index is 188. The Morgan fingerprint density at radius 3 is 2.92 bits per heavy atom. The number of carbonyl (C=O) groups excluding carboxylic acids is 1. The summed E-state index contributed by atoms with van der Waals surface area (Å²) < 4.78 is 0. The molecule has 1 aliphatic rings. The summed E-state index contributed by atoms with van der Waals surface area (Å²) in [6.45, 7) is 7.96. The van der Waals surface area contributed by atoms with Gasteiger partial charge < -0.3 is 4.90 Å². The maximum Gasteiger partial charge on any atom is 0.227 e. The third kappa shape index (κ3) is 1.52. The molecule has 2 atom stereocenters. The zero-order valence-corrected chi connectivity index (χ0v) is 7.92. The Labute approximate surface area is 74.2 Å². The van der Waals surface area contributed by atoms with E-state index in [4.69, 9.17) is 0 Å². The van der Waals surface area contributed by atoms with Gasteiger partial charge in [0.25, 0.3) is 0 Å². The minimum Gasteiger partial charge on any atom is -0.316 e. The van der Waals surface area contributed by atoms with Crippen LogP contribution in [0.1, 0.15) is 33.1 Å². The molecular weight excluding hydrogens is 150 g/mol. The van der Waals surface area contributed by atoms with Crippen LogP contribution in [0.3, 0.4) is 0 Å². The van der Waals surface area contributed by atoms with E-state index in [1.165, 1.54) is 0 Å². The van der Waals surface area contributed by atoms with Crippen molar-refractivity contribution in [2.45, 2.75) is 39.2 Å². The van der Waals surface area contributed by atoms with E-state index in [0.717, 1.165) is 12.8 Å². The summed E-state index contributed by atoms with van der Waals surface area (Å²) in [5.41, 5.74) is 0. The molecular formula is C10H17NO. The standard InChI is InChI=1S/C10H17NO/c1-4-6-9-8(3)7-10(12)11(9)5-2/h5,8-9H,2,4,6-7H2,1,3H3. The molecule has 0 bridgehead atoms. The maximum absolute atomic E-state index is 11.4. The molecule has 0 aromatic rings. The monoisotopic (exact) mass is 167 g/mol. The third-order valence-corrected chi connectivity index (χ3v) is 2.58. The van der Waals surface area contributed by atoms with E-state index in [1.807, 2.05) is 0 Å². The topological polar surface area (TPSA) is 20.3 Å². The van der Waals surface area contributed by atoms with Crippen molar-refractivity contribution >= 4 is 5.91 Å². The largest absolute Gasteiger partial charge is 0.316 e. The first-order valence-electron chi connectivity index (χ1n) is 4.64. The van der Waals surface area contributed by atoms with Crippen LogP contribution in [0.15, 0.2) is 12.8 Å². The molecule has 68 valence electrons. The van der Waals surface area contributed by atoms with Crippen LogP contribution in [-0.2, 0) is 4.79 Å². The fourth-order valence-corrected chi connectivity index (χ4v) is 1.93. The zero-order valence-electron chi connectivity index (χ0n) is 7.92. The Morgan fingerprint density at radius 1 is 1.75 bits per heavy atom. The van der Waals surface area contributed by atoms with Crippen molar-refractivity contribution in [1.29, 1.82) is 0 Å². The molecule has 0 N–H and O–H groups in total. The molecule has 0 saturated carbocycles. The second kappa shape index (κ2) is 3.74. The van der Waals surface area contributed by atoms with Crippen LogP contribution in [0.5, 0.6) is 0 Å². The lowest BCUT2D eigenvalue weighted by atomic mass is 9.99. The molecule has 1 heterocycles. The summed E-state index contributed by atoms with van der Waals surface area (Å²) in [7, 11) is 0. The summed E-state index contributed by atoms with van der Waals surface area (Å²) in [4.78, 5) is 13.2. The first-order chi connectivity index (χ1) is 5.70. The van der Waals surface area contributed by atoms with Crippen molar-refractivity contribution < 1.29 is 4.79 Å². The molecule has 1 amide bonds. The van der Waals surface area contributed by atoms with E-state index in [9.17, 15) is 4.79 Å². The highest BCUT2D eigenvalue weighted by Gasteiger charge is 2.34. The van der Waals surface area contributed by atoms with Crippen molar-refractivity contribution in [2.75, 3.05) is 0 Å². The van der Waals surface area contributed by atoms with Crippen molar-refractivity contribution in [2.24, 2.45) is 5.92 Å². The van der Waals surface area contributed by atoms with Gasteiger partial charge in [0.2, 0.25) is 5.91 Å². The Kier molecular flexibility index (Phi) is 2.90. The van der Waals surface area contributed by atoms with Gasteiger partial charge in [0.05, 0.1) is 0 Å². The van der Waals surface area contributed by atoms with Crippen LogP contribution in [0, 0.1) is 5.92 Å². The average molecular weight is 167 g/mol. The molecule has 2 heteroatoms. The number of hydrogen-bond donors (Lipinski definition) is 0. The van der Waals surface area contributed by atoms with E-state index < -0.39 is 0 Å². The Balaban J connectivity index is 2.67. The van der Waals surface area contributed by atoms with Crippen LogP contribution >= 0.6 is 0 Å². The van der Waals surface area contributed by atoms with Crippen LogP contribution in [0.4, 0.5) is 0 Å². The fraction of sp³-hybridized carbons (Fsp3) is 0.700. The quantitative estimate of drug-likeness (QED) is 0.630.